The highest BCUT2D eigenvalue weighted by Gasteiger charge is 2.12. The molecule has 1 unspecified atom stereocenters. The molecule has 0 radical (unpaired) electrons. The van der Waals surface area contributed by atoms with Crippen LogP contribution in [0.2, 0.25) is 0 Å². The first kappa shape index (κ1) is 12.2. The van der Waals surface area contributed by atoms with Crippen molar-refractivity contribution in [2.24, 2.45) is 0 Å². The molecular weight excluding hydrogens is 230 g/mol. The monoisotopic (exact) mass is 247 g/mol. The van der Waals surface area contributed by atoms with Crippen LogP contribution in [0.1, 0.15) is 29.2 Å². The molecule has 0 saturated carbocycles. The maximum Gasteiger partial charge on any atom is 0.0897 e. The molecule has 3 nitrogen and oxygen atoms in total. The topological polar surface area (TPSA) is 37.8 Å². The molecule has 0 amide bonds. The molecule has 1 atom stereocenters. The lowest BCUT2D eigenvalue weighted by atomic mass is 10.0. The molecule has 4 heteroatoms. The molecule has 0 aromatic carbocycles. The standard InChI is InChI=1S/C13H17N3S/c1-3-15-13(11-5-4-6-14-8-11)7-12-9-17-10(2)16-12/h4-6,8-9,13,15H,3,7H2,1-2H3. The average Bonchev–Trinajstić information content (AvgIpc) is 2.75. The van der Waals surface area contributed by atoms with Gasteiger partial charge < -0.3 is 5.32 Å². The minimum absolute atomic E-state index is 0.301. The summed E-state index contributed by atoms with van der Waals surface area (Å²) in [6.07, 6.45) is 4.65. The van der Waals surface area contributed by atoms with Gasteiger partial charge in [0.05, 0.1) is 10.7 Å². The lowest BCUT2D eigenvalue weighted by Gasteiger charge is -2.16. The molecule has 2 rings (SSSR count). The second kappa shape index (κ2) is 5.89. The number of aromatic nitrogens is 2. The SMILES string of the molecule is CCNC(Cc1csc(C)n1)c1cccnc1. The van der Waals surface area contributed by atoms with Gasteiger partial charge in [0.1, 0.15) is 0 Å². The Morgan fingerprint density at radius 3 is 2.94 bits per heavy atom. The summed E-state index contributed by atoms with van der Waals surface area (Å²) in [7, 11) is 0. The zero-order valence-electron chi connectivity index (χ0n) is 10.2. The molecule has 90 valence electrons. The Labute approximate surface area is 106 Å². The van der Waals surface area contributed by atoms with Crippen LogP contribution in [0.25, 0.3) is 0 Å². The van der Waals surface area contributed by atoms with Crippen molar-refractivity contribution in [3.8, 4) is 0 Å². The van der Waals surface area contributed by atoms with E-state index in [9.17, 15) is 0 Å². The first-order chi connectivity index (χ1) is 8.29. The Kier molecular flexibility index (Phi) is 4.23. The molecule has 0 aliphatic heterocycles. The minimum Gasteiger partial charge on any atom is -0.310 e. The van der Waals surface area contributed by atoms with E-state index in [1.165, 1.54) is 5.56 Å². The molecule has 2 aromatic heterocycles. The quantitative estimate of drug-likeness (QED) is 0.883. The number of likely N-dealkylation sites (N-methyl/N-ethyl adjacent to an activating group) is 1. The van der Waals surface area contributed by atoms with Crippen LogP contribution >= 0.6 is 11.3 Å². The van der Waals surface area contributed by atoms with Gasteiger partial charge in [0.15, 0.2) is 0 Å². The lowest BCUT2D eigenvalue weighted by molar-refractivity contribution is 0.543. The largest absolute Gasteiger partial charge is 0.310 e. The van der Waals surface area contributed by atoms with Gasteiger partial charge in [-0.2, -0.15) is 0 Å². The van der Waals surface area contributed by atoms with Crippen LogP contribution in [0.5, 0.6) is 0 Å². The van der Waals surface area contributed by atoms with Crippen molar-refractivity contribution in [3.05, 3.63) is 46.2 Å². The van der Waals surface area contributed by atoms with Crippen molar-refractivity contribution < 1.29 is 0 Å². The van der Waals surface area contributed by atoms with Crippen molar-refractivity contribution in [1.82, 2.24) is 15.3 Å². The summed E-state index contributed by atoms with van der Waals surface area (Å²) in [5, 5.41) is 6.74. The predicted octanol–water partition coefficient (Wildman–Crippen LogP) is 2.74. The van der Waals surface area contributed by atoms with Crippen LogP contribution in [0, 0.1) is 6.92 Å². The molecule has 2 heterocycles. The van der Waals surface area contributed by atoms with Gasteiger partial charge in [0, 0.05) is 30.2 Å². The van der Waals surface area contributed by atoms with E-state index in [-0.39, 0.29) is 0 Å². The summed E-state index contributed by atoms with van der Waals surface area (Å²) in [5.74, 6) is 0. The molecule has 0 saturated heterocycles. The fraction of sp³-hybridized carbons (Fsp3) is 0.385. The minimum atomic E-state index is 0.301. The van der Waals surface area contributed by atoms with Crippen molar-refractivity contribution in [2.75, 3.05) is 6.54 Å². The fourth-order valence-corrected chi connectivity index (χ4v) is 2.47. The summed E-state index contributed by atoms with van der Waals surface area (Å²) in [5.41, 5.74) is 2.38. The zero-order chi connectivity index (χ0) is 12.1. The fourth-order valence-electron chi connectivity index (χ4n) is 1.85. The van der Waals surface area contributed by atoms with Crippen molar-refractivity contribution in [1.29, 1.82) is 0 Å². The summed E-state index contributed by atoms with van der Waals surface area (Å²) in [6.45, 7) is 5.11. The van der Waals surface area contributed by atoms with E-state index in [0.29, 0.717) is 6.04 Å². The second-order valence-electron chi connectivity index (χ2n) is 3.96. The van der Waals surface area contributed by atoms with Gasteiger partial charge >= 0.3 is 0 Å². The zero-order valence-corrected chi connectivity index (χ0v) is 11.0. The van der Waals surface area contributed by atoms with Gasteiger partial charge in [-0.15, -0.1) is 11.3 Å². The first-order valence-electron chi connectivity index (χ1n) is 5.84. The van der Waals surface area contributed by atoms with E-state index in [0.717, 1.165) is 23.7 Å². The van der Waals surface area contributed by atoms with E-state index in [1.807, 2.05) is 19.2 Å². The van der Waals surface area contributed by atoms with Crippen molar-refractivity contribution in [2.45, 2.75) is 26.3 Å². The average molecular weight is 247 g/mol. The van der Waals surface area contributed by atoms with Crippen LogP contribution < -0.4 is 5.32 Å². The van der Waals surface area contributed by atoms with Crippen LogP contribution in [-0.4, -0.2) is 16.5 Å². The maximum atomic E-state index is 4.52. The van der Waals surface area contributed by atoms with E-state index in [1.54, 1.807) is 17.5 Å². The third-order valence-electron chi connectivity index (χ3n) is 2.62. The second-order valence-corrected chi connectivity index (χ2v) is 5.02. The highest BCUT2D eigenvalue weighted by molar-refractivity contribution is 7.09. The molecule has 2 aromatic rings. The Hall–Kier alpha value is -1.26. The van der Waals surface area contributed by atoms with Gasteiger partial charge in [-0.25, -0.2) is 4.98 Å². The van der Waals surface area contributed by atoms with Crippen LogP contribution in [-0.2, 0) is 6.42 Å². The number of pyridine rings is 1. The summed E-state index contributed by atoms with van der Waals surface area (Å²) < 4.78 is 0. The normalized spacial score (nSPS) is 12.6. The molecule has 1 N–H and O–H groups in total. The molecule has 0 aliphatic carbocycles. The maximum absolute atomic E-state index is 4.52. The number of nitrogens with one attached hydrogen (secondary N) is 1. The van der Waals surface area contributed by atoms with Gasteiger partial charge in [0.2, 0.25) is 0 Å². The van der Waals surface area contributed by atoms with E-state index >= 15 is 0 Å². The Morgan fingerprint density at radius 1 is 1.47 bits per heavy atom. The number of nitrogens with zero attached hydrogens (tertiary/aromatic N) is 2. The van der Waals surface area contributed by atoms with E-state index < -0.39 is 0 Å². The first-order valence-corrected chi connectivity index (χ1v) is 6.72. The molecule has 0 fully saturated rings. The van der Waals surface area contributed by atoms with Crippen LogP contribution in [0.4, 0.5) is 0 Å². The molecule has 17 heavy (non-hydrogen) atoms. The molecular formula is C13H17N3S. The Balaban J connectivity index is 2.13. The van der Waals surface area contributed by atoms with Gasteiger partial charge in [-0.3, -0.25) is 4.98 Å². The van der Waals surface area contributed by atoms with Gasteiger partial charge in [-0.1, -0.05) is 13.0 Å². The Morgan fingerprint density at radius 2 is 2.35 bits per heavy atom. The summed E-state index contributed by atoms with van der Waals surface area (Å²) in [6, 6.07) is 4.39. The molecule has 0 bridgehead atoms. The third kappa shape index (κ3) is 3.35. The highest BCUT2D eigenvalue weighted by Crippen LogP contribution is 2.18. The number of hydrogen-bond donors (Lipinski definition) is 1. The highest BCUT2D eigenvalue weighted by atomic mass is 32.1. The number of aryl methyl sites for hydroxylation is 1. The van der Waals surface area contributed by atoms with Gasteiger partial charge in [0.25, 0.3) is 0 Å². The number of hydrogen-bond acceptors (Lipinski definition) is 4. The summed E-state index contributed by atoms with van der Waals surface area (Å²) >= 11 is 1.71. The lowest BCUT2D eigenvalue weighted by Crippen LogP contribution is -2.23. The molecule has 0 spiro atoms. The number of rotatable bonds is 5. The van der Waals surface area contributed by atoms with Crippen molar-refractivity contribution in [3.63, 3.8) is 0 Å². The molecule has 0 aliphatic rings. The van der Waals surface area contributed by atoms with Crippen LogP contribution in [0.15, 0.2) is 29.9 Å². The smallest absolute Gasteiger partial charge is 0.0897 e. The third-order valence-corrected chi connectivity index (χ3v) is 3.44. The van der Waals surface area contributed by atoms with E-state index in [2.05, 4.69) is 33.7 Å². The summed E-state index contributed by atoms with van der Waals surface area (Å²) in [4.78, 5) is 8.69. The predicted molar refractivity (Wildman–Crippen MR) is 71.2 cm³/mol. The number of thiazole rings is 1. The van der Waals surface area contributed by atoms with Gasteiger partial charge in [-0.05, 0) is 25.1 Å². The van der Waals surface area contributed by atoms with E-state index in [4.69, 9.17) is 0 Å². The Bertz CT molecular complexity index is 453. The van der Waals surface area contributed by atoms with Crippen LogP contribution in [0.3, 0.4) is 0 Å². The van der Waals surface area contributed by atoms with Crippen molar-refractivity contribution >= 4 is 11.3 Å².